The molecule has 0 saturated heterocycles. The molecule has 1 atom stereocenters. The van der Waals surface area contributed by atoms with E-state index in [9.17, 15) is 15.3 Å². The predicted molar refractivity (Wildman–Crippen MR) is 86.7 cm³/mol. The van der Waals surface area contributed by atoms with Gasteiger partial charge < -0.3 is 15.5 Å². The average molecular weight is 308 g/mol. The maximum Gasteiger partial charge on any atom is 0.268 e. The molecule has 0 aliphatic rings. The van der Waals surface area contributed by atoms with E-state index in [4.69, 9.17) is 10.5 Å². The van der Waals surface area contributed by atoms with Crippen molar-refractivity contribution in [3.8, 4) is 29.0 Å². The third kappa shape index (κ3) is 3.17. The number of nitrogens with two attached hydrogens (primary N) is 1. The number of pyridine rings is 1. The average Bonchev–Trinajstić information content (AvgIpc) is 2.54. The normalized spacial score (nSPS) is 11.3. The number of hydrogen-bond donors (Lipinski definition) is 2. The van der Waals surface area contributed by atoms with E-state index in [0.717, 1.165) is 6.42 Å². The molecule has 0 spiro atoms. The number of anilines is 1. The fourth-order valence-corrected chi connectivity index (χ4v) is 2.17. The molecule has 1 aromatic heterocycles. The van der Waals surface area contributed by atoms with Crippen LogP contribution in [0.2, 0.25) is 0 Å². The zero-order valence-electron chi connectivity index (χ0n) is 12.9. The number of nitrogens with zero attached hydrogens (tertiary/aromatic N) is 2. The molecular formula is C17H16N4O2. The maximum absolute atomic E-state index is 11.9. The van der Waals surface area contributed by atoms with Gasteiger partial charge in [0, 0.05) is 5.56 Å². The molecule has 2 aromatic rings. The van der Waals surface area contributed by atoms with Gasteiger partial charge in [-0.25, -0.2) is 0 Å². The van der Waals surface area contributed by atoms with Crippen LogP contribution in [0.5, 0.6) is 5.75 Å². The van der Waals surface area contributed by atoms with Gasteiger partial charge in [0.1, 0.15) is 34.8 Å². The van der Waals surface area contributed by atoms with Gasteiger partial charge in [-0.05, 0) is 31.0 Å². The Kier molecular flexibility index (Phi) is 4.68. The topological polar surface area (TPSA) is 116 Å². The molecule has 2 rings (SSSR count). The number of benzene rings is 1. The molecule has 0 fully saturated rings. The Hall–Kier alpha value is -3.25. The van der Waals surface area contributed by atoms with Gasteiger partial charge >= 0.3 is 0 Å². The Morgan fingerprint density at radius 1 is 1.30 bits per heavy atom. The zero-order chi connectivity index (χ0) is 17.0. The van der Waals surface area contributed by atoms with Gasteiger partial charge in [0.2, 0.25) is 0 Å². The monoisotopic (exact) mass is 308 g/mol. The summed E-state index contributed by atoms with van der Waals surface area (Å²) in [6, 6.07) is 10.7. The van der Waals surface area contributed by atoms with Crippen LogP contribution < -0.4 is 16.0 Å². The molecule has 116 valence electrons. The van der Waals surface area contributed by atoms with Crippen molar-refractivity contribution in [1.29, 1.82) is 10.5 Å². The van der Waals surface area contributed by atoms with Crippen LogP contribution in [-0.4, -0.2) is 11.1 Å². The summed E-state index contributed by atoms with van der Waals surface area (Å²) in [5.41, 5.74) is 5.79. The van der Waals surface area contributed by atoms with E-state index in [-0.39, 0.29) is 28.6 Å². The van der Waals surface area contributed by atoms with Crippen molar-refractivity contribution in [3.05, 3.63) is 45.7 Å². The highest BCUT2D eigenvalue weighted by molar-refractivity contribution is 5.80. The van der Waals surface area contributed by atoms with Crippen LogP contribution in [0.4, 0.5) is 5.82 Å². The van der Waals surface area contributed by atoms with Gasteiger partial charge in [0.25, 0.3) is 5.56 Å². The van der Waals surface area contributed by atoms with Crippen molar-refractivity contribution in [1.82, 2.24) is 4.98 Å². The quantitative estimate of drug-likeness (QED) is 0.900. The number of nitriles is 2. The molecule has 0 aliphatic heterocycles. The lowest BCUT2D eigenvalue weighted by atomic mass is 9.96. The van der Waals surface area contributed by atoms with E-state index in [0.29, 0.717) is 11.3 Å². The Bertz CT molecular complexity index is 872. The van der Waals surface area contributed by atoms with E-state index in [1.807, 2.05) is 26.0 Å². The van der Waals surface area contributed by atoms with Crippen molar-refractivity contribution in [2.24, 2.45) is 0 Å². The van der Waals surface area contributed by atoms with Crippen LogP contribution in [0.25, 0.3) is 11.1 Å². The fourth-order valence-electron chi connectivity index (χ4n) is 2.17. The number of hydrogen-bond acceptors (Lipinski definition) is 5. The first kappa shape index (κ1) is 16.1. The molecule has 6 nitrogen and oxygen atoms in total. The Morgan fingerprint density at radius 2 is 2.00 bits per heavy atom. The summed E-state index contributed by atoms with van der Waals surface area (Å²) in [4.78, 5) is 14.3. The summed E-state index contributed by atoms with van der Waals surface area (Å²) in [7, 11) is 0. The summed E-state index contributed by atoms with van der Waals surface area (Å²) in [6.07, 6.45) is 0.870. The number of ether oxygens (including phenoxy) is 1. The van der Waals surface area contributed by atoms with Crippen LogP contribution in [0.1, 0.15) is 31.4 Å². The number of nitrogens with one attached hydrogen (secondary N) is 1. The first-order chi connectivity index (χ1) is 11.0. The summed E-state index contributed by atoms with van der Waals surface area (Å²) in [5.74, 6) is 0.545. The Morgan fingerprint density at radius 3 is 2.61 bits per heavy atom. The van der Waals surface area contributed by atoms with E-state index in [1.165, 1.54) is 0 Å². The highest BCUT2D eigenvalue weighted by atomic mass is 16.5. The van der Waals surface area contributed by atoms with Crippen LogP contribution >= 0.6 is 0 Å². The molecule has 0 saturated carbocycles. The standard InChI is InChI=1S/C17H16N4O2/c1-3-10(2)23-12-6-4-5-11(7-12)15-13(8-18)16(20)21-17(22)14(15)9-19/h4-7,10H,3H2,1-2H3,(H3,20,21,22). The maximum atomic E-state index is 11.9. The third-order valence-electron chi connectivity index (χ3n) is 3.50. The third-order valence-corrected chi connectivity index (χ3v) is 3.50. The molecule has 0 amide bonds. The van der Waals surface area contributed by atoms with Gasteiger partial charge in [-0.1, -0.05) is 19.1 Å². The highest BCUT2D eigenvalue weighted by Crippen LogP contribution is 2.30. The summed E-state index contributed by atoms with van der Waals surface area (Å²) in [6.45, 7) is 3.95. The van der Waals surface area contributed by atoms with E-state index >= 15 is 0 Å². The molecule has 23 heavy (non-hydrogen) atoms. The van der Waals surface area contributed by atoms with Gasteiger partial charge in [0.15, 0.2) is 0 Å². The lowest BCUT2D eigenvalue weighted by Gasteiger charge is -2.14. The van der Waals surface area contributed by atoms with Crippen molar-refractivity contribution in [3.63, 3.8) is 0 Å². The number of nitrogen functional groups attached to an aromatic ring is 1. The van der Waals surface area contributed by atoms with Crippen molar-refractivity contribution >= 4 is 5.82 Å². The highest BCUT2D eigenvalue weighted by Gasteiger charge is 2.18. The van der Waals surface area contributed by atoms with Gasteiger partial charge in [0.05, 0.1) is 6.10 Å². The molecule has 3 N–H and O–H groups in total. The molecule has 1 aromatic carbocycles. The second kappa shape index (κ2) is 6.67. The van der Waals surface area contributed by atoms with Crippen LogP contribution in [0, 0.1) is 22.7 Å². The first-order valence-electron chi connectivity index (χ1n) is 7.14. The Labute approximate surface area is 133 Å². The summed E-state index contributed by atoms with van der Waals surface area (Å²) in [5, 5.41) is 18.6. The van der Waals surface area contributed by atoms with E-state index < -0.39 is 5.56 Å². The Balaban J connectivity index is 2.68. The molecule has 0 radical (unpaired) electrons. The van der Waals surface area contributed by atoms with Crippen molar-refractivity contribution in [2.75, 3.05) is 5.73 Å². The molecular weight excluding hydrogens is 292 g/mol. The zero-order valence-corrected chi connectivity index (χ0v) is 12.9. The van der Waals surface area contributed by atoms with Crippen molar-refractivity contribution in [2.45, 2.75) is 26.4 Å². The van der Waals surface area contributed by atoms with Crippen LogP contribution in [0.15, 0.2) is 29.1 Å². The minimum Gasteiger partial charge on any atom is -0.491 e. The van der Waals surface area contributed by atoms with Crippen LogP contribution in [0.3, 0.4) is 0 Å². The second-order valence-corrected chi connectivity index (χ2v) is 5.08. The van der Waals surface area contributed by atoms with Crippen molar-refractivity contribution < 1.29 is 4.74 Å². The molecule has 0 bridgehead atoms. The molecule has 1 unspecified atom stereocenters. The SMILES string of the molecule is CCC(C)Oc1cccc(-c2c(C#N)c(N)[nH]c(=O)c2C#N)c1. The molecule has 1 heterocycles. The molecule has 0 aliphatic carbocycles. The summed E-state index contributed by atoms with van der Waals surface area (Å²) < 4.78 is 5.75. The number of aromatic nitrogens is 1. The van der Waals surface area contributed by atoms with Gasteiger partial charge in [-0.15, -0.1) is 0 Å². The smallest absolute Gasteiger partial charge is 0.268 e. The number of H-pyrrole nitrogens is 1. The predicted octanol–water partition coefficient (Wildman–Crippen LogP) is 2.54. The lowest BCUT2D eigenvalue weighted by molar-refractivity contribution is 0.217. The van der Waals surface area contributed by atoms with E-state index in [2.05, 4.69) is 4.98 Å². The number of aromatic amines is 1. The largest absolute Gasteiger partial charge is 0.491 e. The fraction of sp³-hybridized carbons (Fsp3) is 0.235. The molecule has 6 heteroatoms. The van der Waals surface area contributed by atoms with Crippen LogP contribution in [-0.2, 0) is 0 Å². The van der Waals surface area contributed by atoms with E-state index in [1.54, 1.807) is 24.3 Å². The number of rotatable bonds is 4. The minimum absolute atomic E-state index is 0.0281. The minimum atomic E-state index is -0.618. The van der Waals surface area contributed by atoms with Gasteiger partial charge in [-0.3, -0.25) is 4.79 Å². The van der Waals surface area contributed by atoms with Gasteiger partial charge in [-0.2, -0.15) is 10.5 Å². The lowest BCUT2D eigenvalue weighted by Crippen LogP contribution is -2.16. The second-order valence-electron chi connectivity index (χ2n) is 5.08. The summed E-state index contributed by atoms with van der Waals surface area (Å²) >= 11 is 0. The first-order valence-corrected chi connectivity index (χ1v) is 7.14.